The van der Waals surface area contributed by atoms with Gasteiger partial charge in [-0.3, -0.25) is 4.90 Å². The van der Waals surface area contributed by atoms with Crippen LogP contribution in [0.4, 0.5) is 0 Å². The maximum atomic E-state index is 6.18. The molecule has 1 atom stereocenters. The van der Waals surface area contributed by atoms with Crippen LogP contribution in [0.15, 0.2) is 41.2 Å². The zero-order valence-corrected chi connectivity index (χ0v) is 11.4. The Kier molecular flexibility index (Phi) is 4.87. The molecule has 0 saturated carbocycles. The standard InChI is InChI=1S/C14H19N3S/c1-17(9-14-10-18-11-16-14)8-13(15)7-12-5-3-2-4-6-12/h2-6,10-11,13H,7-9,15H2,1H3/t13-/m1/s1. The number of rotatable bonds is 6. The van der Waals surface area contributed by atoms with Crippen LogP contribution in [0.25, 0.3) is 0 Å². The Morgan fingerprint density at radius 1 is 1.33 bits per heavy atom. The largest absolute Gasteiger partial charge is 0.326 e. The topological polar surface area (TPSA) is 42.2 Å². The van der Waals surface area contributed by atoms with E-state index in [4.69, 9.17) is 5.73 Å². The van der Waals surface area contributed by atoms with Crippen molar-refractivity contribution < 1.29 is 0 Å². The molecule has 2 aromatic rings. The van der Waals surface area contributed by atoms with Crippen LogP contribution in [0, 0.1) is 0 Å². The van der Waals surface area contributed by atoms with Crippen molar-refractivity contribution in [3.05, 3.63) is 52.5 Å². The molecule has 0 fully saturated rings. The number of likely N-dealkylation sites (N-methyl/N-ethyl adjacent to an activating group) is 1. The molecule has 96 valence electrons. The minimum atomic E-state index is 0.163. The lowest BCUT2D eigenvalue weighted by Crippen LogP contribution is -2.36. The Labute approximate surface area is 112 Å². The zero-order valence-electron chi connectivity index (χ0n) is 10.6. The summed E-state index contributed by atoms with van der Waals surface area (Å²) in [6.45, 7) is 1.75. The van der Waals surface area contributed by atoms with E-state index in [1.165, 1.54) is 5.56 Å². The summed E-state index contributed by atoms with van der Waals surface area (Å²) < 4.78 is 0. The molecule has 0 unspecified atom stereocenters. The monoisotopic (exact) mass is 261 g/mol. The summed E-state index contributed by atoms with van der Waals surface area (Å²) >= 11 is 1.63. The maximum absolute atomic E-state index is 6.18. The summed E-state index contributed by atoms with van der Waals surface area (Å²) in [5, 5.41) is 2.08. The number of aromatic nitrogens is 1. The molecule has 0 amide bonds. The second-order valence-corrected chi connectivity index (χ2v) is 5.35. The van der Waals surface area contributed by atoms with Gasteiger partial charge in [0.05, 0.1) is 11.2 Å². The van der Waals surface area contributed by atoms with Gasteiger partial charge in [-0.15, -0.1) is 11.3 Å². The Bertz CT molecular complexity index is 441. The van der Waals surface area contributed by atoms with E-state index in [2.05, 4.69) is 46.6 Å². The van der Waals surface area contributed by atoms with E-state index >= 15 is 0 Å². The Morgan fingerprint density at radius 2 is 2.11 bits per heavy atom. The van der Waals surface area contributed by atoms with Crippen molar-refractivity contribution in [3.63, 3.8) is 0 Å². The molecular formula is C14H19N3S. The smallest absolute Gasteiger partial charge is 0.0795 e. The molecule has 0 aliphatic heterocycles. The van der Waals surface area contributed by atoms with Crippen LogP contribution < -0.4 is 5.73 Å². The molecule has 2 rings (SSSR count). The average Bonchev–Trinajstić information content (AvgIpc) is 2.82. The lowest BCUT2D eigenvalue weighted by Gasteiger charge is -2.20. The van der Waals surface area contributed by atoms with Gasteiger partial charge in [-0.2, -0.15) is 0 Å². The second kappa shape index (κ2) is 6.64. The normalized spacial score (nSPS) is 12.8. The first-order valence-electron chi connectivity index (χ1n) is 6.09. The minimum Gasteiger partial charge on any atom is -0.326 e. The van der Waals surface area contributed by atoms with Gasteiger partial charge in [-0.25, -0.2) is 4.98 Å². The van der Waals surface area contributed by atoms with Crippen molar-refractivity contribution in [2.45, 2.75) is 19.0 Å². The first-order chi connectivity index (χ1) is 8.74. The molecule has 2 N–H and O–H groups in total. The van der Waals surface area contributed by atoms with Gasteiger partial charge in [0, 0.05) is 24.5 Å². The molecule has 0 saturated heterocycles. The van der Waals surface area contributed by atoms with Gasteiger partial charge < -0.3 is 5.73 Å². The molecule has 0 radical (unpaired) electrons. The van der Waals surface area contributed by atoms with Crippen LogP contribution in [-0.2, 0) is 13.0 Å². The number of hydrogen-bond acceptors (Lipinski definition) is 4. The lowest BCUT2D eigenvalue weighted by atomic mass is 10.1. The average molecular weight is 261 g/mol. The molecule has 1 aromatic heterocycles. The van der Waals surface area contributed by atoms with Crippen LogP contribution in [-0.4, -0.2) is 29.5 Å². The zero-order chi connectivity index (χ0) is 12.8. The second-order valence-electron chi connectivity index (χ2n) is 4.63. The molecule has 3 nitrogen and oxygen atoms in total. The van der Waals surface area contributed by atoms with Crippen LogP contribution in [0.3, 0.4) is 0 Å². The number of benzene rings is 1. The molecular weight excluding hydrogens is 242 g/mol. The Hall–Kier alpha value is -1.23. The molecule has 0 bridgehead atoms. The summed E-state index contributed by atoms with van der Waals surface area (Å²) in [4.78, 5) is 6.51. The van der Waals surface area contributed by atoms with E-state index in [-0.39, 0.29) is 6.04 Å². The highest BCUT2D eigenvalue weighted by Gasteiger charge is 2.08. The predicted octanol–water partition coefficient (Wildman–Crippen LogP) is 2.14. The van der Waals surface area contributed by atoms with E-state index < -0.39 is 0 Å². The van der Waals surface area contributed by atoms with Crippen molar-refractivity contribution in [1.29, 1.82) is 0 Å². The number of thiazole rings is 1. The Balaban J connectivity index is 1.78. The fourth-order valence-electron chi connectivity index (χ4n) is 2.04. The number of nitrogens with zero attached hydrogens (tertiary/aromatic N) is 2. The van der Waals surface area contributed by atoms with E-state index in [0.717, 1.165) is 25.2 Å². The fraction of sp³-hybridized carbons (Fsp3) is 0.357. The third-order valence-corrected chi connectivity index (χ3v) is 3.44. The van der Waals surface area contributed by atoms with Gasteiger partial charge >= 0.3 is 0 Å². The molecule has 18 heavy (non-hydrogen) atoms. The van der Waals surface area contributed by atoms with Gasteiger partial charge in [-0.05, 0) is 19.0 Å². The van der Waals surface area contributed by atoms with Crippen molar-refractivity contribution in [3.8, 4) is 0 Å². The van der Waals surface area contributed by atoms with Gasteiger partial charge in [0.1, 0.15) is 0 Å². The highest BCUT2D eigenvalue weighted by Crippen LogP contribution is 2.06. The van der Waals surface area contributed by atoms with Crippen molar-refractivity contribution in [2.24, 2.45) is 5.73 Å². The summed E-state index contributed by atoms with van der Waals surface area (Å²) in [5.41, 5.74) is 10.5. The highest BCUT2D eigenvalue weighted by molar-refractivity contribution is 7.07. The van der Waals surface area contributed by atoms with Crippen LogP contribution in [0.5, 0.6) is 0 Å². The maximum Gasteiger partial charge on any atom is 0.0795 e. The van der Waals surface area contributed by atoms with E-state index in [1.54, 1.807) is 11.3 Å². The van der Waals surface area contributed by atoms with Gasteiger partial charge in [0.15, 0.2) is 0 Å². The molecule has 4 heteroatoms. The molecule has 1 aromatic carbocycles. The highest BCUT2D eigenvalue weighted by atomic mass is 32.1. The summed E-state index contributed by atoms with van der Waals surface area (Å²) in [7, 11) is 2.09. The SMILES string of the molecule is CN(Cc1cscn1)C[C@H](N)Cc1ccccc1. The van der Waals surface area contributed by atoms with Crippen LogP contribution in [0.1, 0.15) is 11.3 Å². The molecule has 0 spiro atoms. The molecule has 1 heterocycles. The van der Waals surface area contributed by atoms with E-state index in [0.29, 0.717) is 0 Å². The number of nitrogens with two attached hydrogens (primary N) is 1. The Morgan fingerprint density at radius 3 is 2.78 bits per heavy atom. The first-order valence-corrected chi connectivity index (χ1v) is 7.03. The van der Waals surface area contributed by atoms with Crippen LogP contribution in [0.2, 0.25) is 0 Å². The summed E-state index contributed by atoms with van der Waals surface area (Å²) in [6, 6.07) is 10.6. The third-order valence-electron chi connectivity index (χ3n) is 2.80. The predicted molar refractivity (Wildman–Crippen MR) is 76.6 cm³/mol. The first kappa shape index (κ1) is 13.2. The number of hydrogen-bond donors (Lipinski definition) is 1. The van der Waals surface area contributed by atoms with Gasteiger partial charge in [-0.1, -0.05) is 30.3 Å². The molecule has 0 aliphatic rings. The van der Waals surface area contributed by atoms with Gasteiger partial charge in [0.25, 0.3) is 0 Å². The fourth-order valence-corrected chi connectivity index (χ4v) is 2.59. The van der Waals surface area contributed by atoms with Crippen molar-refractivity contribution in [2.75, 3.05) is 13.6 Å². The lowest BCUT2D eigenvalue weighted by molar-refractivity contribution is 0.299. The third kappa shape index (κ3) is 4.22. The van der Waals surface area contributed by atoms with E-state index in [1.807, 2.05) is 11.6 Å². The van der Waals surface area contributed by atoms with Crippen LogP contribution >= 0.6 is 11.3 Å². The minimum absolute atomic E-state index is 0.163. The quantitative estimate of drug-likeness (QED) is 0.866. The molecule has 0 aliphatic carbocycles. The summed E-state index contributed by atoms with van der Waals surface area (Å²) in [6.07, 6.45) is 0.919. The summed E-state index contributed by atoms with van der Waals surface area (Å²) in [5.74, 6) is 0. The van der Waals surface area contributed by atoms with Gasteiger partial charge in [0.2, 0.25) is 0 Å². The van der Waals surface area contributed by atoms with Crippen molar-refractivity contribution in [1.82, 2.24) is 9.88 Å². The van der Waals surface area contributed by atoms with E-state index in [9.17, 15) is 0 Å². The van der Waals surface area contributed by atoms with Crippen molar-refractivity contribution >= 4 is 11.3 Å².